The standard InChI is InChI=1S/C14H20N2O5/c1-14(18,7-8-21-2)10-15-13(17)9-11-5-3-4-6-12(11)16(19)20/h3-6,18H,7-10H2,1-2H3,(H,15,17). The van der Waals surface area contributed by atoms with Gasteiger partial charge in [0.05, 0.1) is 16.9 Å². The van der Waals surface area contributed by atoms with E-state index in [1.165, 1.54) is 13.2 Å². The number of nitrogens with zero attached hydrogens (tertiary/aromatic N) is 1. The molecule has 0 aliphatic heterocycles. The highest BCUT2D eigenvalue weighted by Gasteiger charge is 2.22. The Balaban J connectivity index is 2.57. The Morgan fingerprint density at radius 3 is 2.76 bits per heavy atom. The summed E-state index contributed by atoms with van der Waals surface area (Å²) in [5.41, 5.74) is -0.816. The Bertz CT molecular complexity index is 502. The van der Waals surface area contributed by atoms with Crippen LogP contribution in [0.2, 0.25) is 0 Å². The number of hydrogen-bond acceptors (Lipinski definition) is 5. The zero-order chi connectivity index (χ0) is 15.9. The first-order valence-corrected chi connectivity index (χ1v) is 6.56. The molecule has 0 aliphatic carbocycles. The van der Waals surface area contributed by atoms with Gasteiger partial charge in [0.15, 0.2) is 0 Å². The van der Waals surface area contributed by atoms with Crippen LogP contribution in [0, 0.1) is 10.1 Å². The van der Waals surface area contributed by atoms with Gasteiger partial charge >= 0.3 is 0 Å². The molecule has 1 amide bonds. The van der Waals surface area contributed by atoms with E-state index < -0.39 is 10.5 Å². The monoisotopic (exact) mass is 296 g/mol. The molecule has 0 spiro atoms. The lowest BCUT2D eigenvalue weighted by Crippen LogP contribution is -2.41. The number of carbonyl (C=O) groups is 1. The van der Waals surface area contributed by atoms with Crippen molar-refractivity contribution in [2.24, 2.45) is 0 Å². The van der Waals surface area contributed by atoms with E-state index in [0.717, 1.165) is 0 Å². The number of carbonyl (C=O) groups excluding carboxylic acids is 1. The Kier molecular flexibility index (Phi) is 6.26. The number of amides is 1. The summed E-state index contributed by atoms with van der Waals surface area (Å²) in [6.07, 6.45) is 0.284. The maximum absolute atomic E-state index is 11.8. The highest BCUT2D eigenvalue weighted by atomic mass is 16.6. The second kappa shape index (κ2) is 7.70. The van der Waals surface area contributed by atoms with Gasteiger partial charge in [-0.25, -0.2) is 0 Å². The summed E-state index contributed by atoms with van der Waals surface area (Å²) >= 11 is 0. The van der Waals surface area contributed by atoms with Gasteiger partial charge < -0.3 is 15.2 Å². The summed E-state index contributed by atoms with van der Waals surface area (Å²) in [5.74, 6) is -0.373. The Morgan fingerprint density at radius 1 is 1.48 bits per heavy atom. The van der Waals surface area contributed by atoms with Crippen molar-refractivity contribution in [1.29, 1.82) is 0 Å². The first kappa shape index (κ1) is 17.1. The molecule has 1 unspecified atom stereocenters. The number of nitro groups is 1. The zero-order valence-corrected chi connectivity index (χ0v) is 12.2. The van der Waals surface area contributed by atoms with Crippen molar-refractivity contribution < 1.29 is 19.6 Å². The zero-order valence-electron chi connectivity index (χ0n) is 12.2. The van der Waals surface area contributed by atoms with E-state index in [1.54, 1.807) is 25.1 Å². The quantitative estimate of drug-likeness (QED) is 0.551. The first-order chi connectivity index (χ1) is 9.85. The minimum absolute atomic E-state index is 0.0653. The van der Waals surface area contributed by atoms with Crippen molar-refractivity contribution in [3.05, 3.63) is 39.9 Å². The normalized spacial score (nSPS) is 13.5. The number of ether oxygens (including phenoxy) is 1. The second-order valence-electron chi connectivity index (χ2n) is 5.08. The molecule has 7 heteroatoms. The van der Waals surface area contributed by atoms with Crippen LogP contribution in [0.25, 0.3) is 0 Å². The van der Waals surface area contributed by atoms with E-state index >= 15 is 0 Å². The molecule has 1 aromatic rings. The lowest BCUT2D eigenvalue weighted by Gasteiger charge is -2.23. The Hall–Kier alpha value is -1.99. The average Bonchev–Trinajstić information content (AvgIpc) is 2.43. The minimum atomic E-state index is -1.08. The first-order valence-electron chi connectivity index (χ1n) is 6.56. The van der Waals surface area contributed by atoms with Gasteiger partial charge in [0.25, 0.3) is 5.69 Å². The van der Waals surface area contributed by atoms with E-state index in [9.17, 15) is 20.0 Å². The van der Waals surface area contributed by atoms with Crippen molar-refractivity contribution in [3.63, 3.8) is 0 Å². The number of nitro benzene ring substituents is 1. The van der Waals surface area contributed by atoms with Crippen molar-refractivity contribution in [1.82, 2.24) is 5.32 Å². The highest BCUT2D eigenvalue weighted by molar-refractivity contribution is 5.79. The van der Waals surface area contributed by atoms with E-state index in [0.29, 0.717) is 18.6 Å². The third kappa shape index (κ3) is 5.88. The molecular formula is C14H20N2O5. The van der Waals surface area contributed by atoms with Gasteiger partial charge in [-0.1, -0.05) is 18.2 Å². The SMILES string of the molecule is COCCC(C)(O)CNC(=O)Cc1ccccc1[N+](=O)[O-]. The number of rotatable bonds is 8. The number of hydrogen-bond donors (Lipinski definition) is 2. The molecule has 0 heterocycles. The topological polar surface area (TPSA) is 102 Å². The summed E-state index contributed by atoms with van der Waals surface area (Å²) in [5, 5.41) is 23.4. The molecule has 0 bridgehead atoms. The second-order valence-corrected chi connectivity index (χ2v) is 5.08. The smallest absolute Gasteiger partial charge is 0.273 e. The summed E-state index contributed by atoms with van der Waals surface area (Å²) in [6.45, 7) is 2.04. The molecule has 21 heavy (non-hydrogen) atoms. The number of aliphatic hydroxyl groups is 1. The molecule has 2 N–H and O–H groups in total. The molecule has 0 fully saturated rings. The van der Waals surface area contributed by atoms with Gasteiger partial charge in [-0.3, -0.25) is 14.9 Å². The minimum Gasteiger partial charge on any atom is -0.388 e. The fourth-order valence-corrected chi connectivity index (χ4v) is 1.77. The van der Waals surface area contributed by atoms with Gasteiger partial charge in [0.1, 0.15) is 0 Å². The number of methoxy groups -OCH3 is 1. The van der Waals surface area contributed by atoms with Crippen molar-refractivity contribution in [2.45, 2.75) is 25.4 Å². The molecule has 7 nitrogen and oxygen atoms in total. The van der Waals surface area contributed by atoms with Gasteiger partial charge in [0.2, 0.25) is 5.91 Å². The van der Waals surface area contributed by atoms with Crippen LogP contribution in [-0.2, 0) is 16.0 Å². The van der Waals surface area contributed by atoms with Crippen LogP contribution in [0.3, 0.4) is 0 Å². The summed E-state index contributed by atoms with van der Waals surface area (Å²) in [6, 6.07) is 6.09. The largest absolute Gasteiger partial charge is 0.388 e. The van der Waals surface area contributed by atoms with E-state index in [4.69, 9.17) is 4.74 Å². The van der Waals surface area contributed by atoms with Crippen LogP contribution in [0.1, 0.15) is 18.9 Å². The summed E-state index contributed by atoms with van der Waals surface area (Å²) < 4.78 is 4.87. The average molecular weight is 296 g/mol. The van der Waals surface area contributed by atoms with E-state index in [-0.39, 0.29) is 24.6 Å². The van der Waals surface area contributed by atoms with Crippen LogP contribution < -0.4 is 5.32 Å². The van der Waals surface area contributed by atoms with Crippen LogP contribution in [-0.4, -0.2) is 41.8 Å². The summed E-state index contributed by atoms with van der Waals surface area (Å²) in [4.78, 5) is 22.2. The molecule has 116 valence electrons. The van der Waals surface area contributed by atoms with Crippen LogP contribution in [0.15, 0.2) is 24.3 Å². The lowest BCUT2D eigenvalue weighted by atomic mass is 10.0. The third-order valence-corrected chi connectivity index (χ3v) is 3.05. The molecular weight excluding hydrogens is 276 g/mol. The summed E-state index contributed by atoms with van der Waals surface area (Å²) in [7, 11) is 1.53. The van der Waals surface area contributed by atoms with Gasteiger partial charge in [-0.2, -0.15) is 0 Å². The highest BCUT2D eigenvalue weighted by Crippen LogP contribution is 2.18. The van der Waals surface area contributed by atoms with Crippen molar-refractivity contribution in [3.8, 4) is 0 Å². The predicted molar refractivity (Wildman–Crippen MR) is 76.9 cm³/mol. The van der Waals surface area contributed by atoms with E-state index in [1.807, 2.05) is 0 Å². The maximum Gasteiger partial charge on any atom is 0.273 e. The molecule has 1 aromatic carbocycles. The molecule has 0 saturated carbocycles. The number of nitrogens with one attached hydrogen (secondary N) is 1. The lowest BCUT2D eigenvalue weighted by molar-refractivity contribution is -0.385. The van der Waals surface area contributed by atoms with E-state index in [2.05, 4.69) is 5.32 Å². The van der Waals surface area contributed by atoms with Crippen LogP contribution >= 0.6 is 0 Å². The van der Waals surface area contributed by atoms with Crippen molar-refractivity contribution in [2.75, 3.05) is 20.3 Å². The van der Waals surface area contributed by atoms with Gasteiger partial charge in [-0.15, -0.1) is 0 Å². The Labute approximate surface area is 123 Å². The maximum atomic E-state index is 11.8. The molecule has 0 aromatic heterocycles. The molecule has 0 radical (unpaired) electrons. The predicted octanol–water partition coefficient (Wildman–Crippen LogP) is 1.04. The molecule has 0 saturated heterocycles. The van der Waals surface area contributed by atoms with Crippen LogP contribution in [0.5, 0.6) is 0 Å². The number of benzene rings is 1. The molecule has 0 aliphatic rings. The van der Waals surface area contributed by atoms with Gasteiger partial charge in [-0.05, 0) is 6.92 Å². The third-order valence-electron chi connectivity index (χ3n) is 3.05. The fourth-order valence-electron chi connectivity index (χ4n) is 1.77. The fraction of sp³-hybridized carbons (Fsp3) is 0.500. The van der Waals surface area contributed by atoms with Crippen LogP contribution in [0.4, 0.5) is 5.69 Å². The molecule has 1 atom stereocenters. The number of para-hydroxylation sites is 1. The Morgan fingerprint density at radius 2 is 2.14 bits per heavy atom. The molecule has 1 rings (SSSR count). The van der Waals surface area contributed by atoms with Gasteiger partial charge in [0, 0.05) is 38.3 Å². The van der Waals surface area contributed by atoms with Crippen molar-refractivity contribution >= 4 is 11.6 Å².